The SMILES string of the molecule is CC(=O)CCCCn1nc2n(c1=O)CCCC2. The van der Waals surface area contributed by atoms with Gasteiger partial charge in [0.1, 0.15) is 11.6 Å². The van der Waals surface area contributed by atoms with Crippen LogP contribution in [0.15, 0.2) is 4.79 Å². The second-order valence-electron chi connectivity index (χ2n) is 4.69. The largest absolute Gasteiger partial charge is 0.345 e. The quantitative estimate of drug-likeness (QED) is 0.722. The average Bonchev–Trinajstić information content (AvgIpc) is 2.63. The summed E-state index contributed by atoms with van der Waals surface area (Å²) in [6.45, 7) is 3.04. The van der Waals surface area contributed by atoms with Crippen molar-refractivity contribution in [2.24, 2.45) is 0 Å². The minimum absolute atomic E-state index is 0.0162. The molecule has 2 rings (SSSR count). The minimum atomic E-state index is 0.0162. The summed E-state index contributed by atoms with van der Waals surface area (Å²) in [6.07, 6.45) is 5.39. The van der Waals surface area contributed by atoms with E-state index in [-0.39, 0.29) is 11.5 Å². The molecule has 0 spiro atoms. The molecule has 0 N–H and O–H groups in total. The molecule has 0 bridgehead atoms. The number of hydrogen-bond acceptors (Lipinski definition) is 3. The van der Waals surface area contributed by atoms with Crippen LogP contribution in [0.3, 0.4) is 0 Å². The van der Waals surface area contributed by atoms with Crippen LogP contribution in [-0.2, 0) is 24.3 Å². The van der Waals surface area contributed by atoms with Crippen LogP contribution in [0.4, 0.5) is 0 Å². The van der Waals surface area contributed by atoms with E-state index in [1.807, 2.05) is 0 Å². The number of carbonyl (C=O) groups excluding carboxylic acids is 1. The van der Waals surface area contributed by atoms with Gasteiger partial charge in [0.25, 0.3) is 0 Å². The van der Waals surface area contributed by atoms with Crippen molar-refractivity contribution in [1.29, 1.82) is 0 Å². The molecular formula is C12H19N3O2. The van der Waals surface area contributed by atoms with E-state index in [0.29, 0.717) is 13.0 Å². The van der Waals surface area contributed by atoms with Gasteiger partial charge in [-0.1, -0.05) is 0 Å². The zero-order valence-electron chi connectivity index (χ0n) is 10.3. The Morgan fingerprint density at radius 3 is 2.88 bits per heavy atom. The van der Waals surface area contributed by atoms with E-state index >= 15 is 0 Å². The van der Waals surface area contributed by atoms with Crippen LogP contribution >= 0.6 is 0 Å². The summed E-state index contributed by atoms with van der Waals surface area (Å²) >= 11 is 0. The molecule has 5 heteroatoms. The fourth-order valence-electron chi connectivity index (χ4n) is 2.23. The molecule has 5 nitrogen and oxygen atoms in total. The van der Waals surface area contributed by atoms with Crippen molar-refractivity contribution in [3.05, 3.63) is 16.3 Å². The maximum Gasteiger partial charge on any atom is 0.345 e. The summed E-state index contributed by atoms with van der Waals surface area (Å²) < 4.78 is 3.34. The maximum atomic E-state index is 11.9. The molecule has 0 aromatic carbocycles. The highest BCUT2D eigenvalue weighted by molar-refractivity contribution is 5.75. The first-order chi connectivity index (χ1) is 8.18. The number of aromatic nitrogens is 3. The third-order valence-electron chi connectivity index (χ3n) is 3.18. The van der Waals surface area contributed by atoms with Crippen LogP contribution in [0.5, 0.6) is 0 Å². The van der Waals surface area contributed by atoms with Crippen molar-refractivity contribution >= 4 is 5.78 Å². The molecule has 1 aliphatic heterocycles. The van der Waals surface area contributed by atoms with Gasteiger partial charge in [-0.2, -0.15) is 5.10 Å². The molecule has 2 heterocycles. The summed E-state index contributed by atoms with van der Waals surface area (Å²) in [4.78, 5) is 22.7. The number of aryl methyl sites for hydroxylation is 2. The van der Waals surface area contributed by atoms with Crippen molar-refractivity contribution in [1.82, 2.24) is 14.3 Å². The number of nitrogens with zero attached hydrogens (tertiary/aromatic N) is 3. The van der Waals surface area contributed by atoms with Gasteiger partial charge < -0.3 is 4.79 Å². The van der Waals surface area contributed by atoms with Gasteiger partial charge in [0.05, 0.1) is 0 Å². The van der Waals surface area contributed by atoms with E-state index in [9.17, 15) is 9.59 Å². The molecule has 0 radical (unpaired) electrons. The van der Waals surface area contributed by atoms with Crippen LogP contribution in [0.2, 0.25) is 0 Å². The van der Waals surface area contributed by atoms with Gasteiger partial charge in [-0.05, 0) is 32.6 Å². The van der Waals surface area contributed by atoms with E-state index < -0.39 is 0 Å². The lowest BCUT2D eigenvalue weighted by Crippen LogP contribution is -2.27. The monoisotopic (exact) mass is 237 g/mol. The molecular weight excluding hydrogens is 218 g/mol. The summed E-state index contributed by atoms with van der Waals surface area (Å²) in [5.41, 5.74) is 0.0162. The molecule has 1 aromatic heterocycles. The molecule has 0 fully saturated rings. The Hall–Kier alpha value is -1.39. The predicted molar refractivity (Wildman–Crippen MR) is 64.0 cm³/mol. The zero-order valence-corrected chi connectivity index (χ0v) is 10.3. The van der Waals surface area contributed by atoms with Crippen LogP contribution < -0.4 is 5.69 Å². The number of ketones is 1. The Kier molecular flexibility index (Phi) is 3.76. The van der Waals surface area contributed by atoms with Crippen molar-refractivity contribution < 1.29 is 4.79 Å². The first-order valence-corrected chi connectivity index (χ1v) is 6.34. The molecule has 1 aromatic rings. The van der Waals surface area contributed by atoms with E-state index in [1.54, 1.807) is 16.2 Å². The molecule has 94 valence electrons. The Balaban J connectivity index is 1.95. The number of Topliss-reactive ketones (excluding diaryl/α,β-unsaturated/α-hetero) is 1. The van der Waals surface area contributed by atoms with Crippen LogP contribution in [0, 0.1) is 0 Å². The number of rotatable bonds is 5. The first kappa shape index (κ1) is 12.1. The molecule has 0 atom stereocenters. The maximum absolute atomic E-state index is 11.9. The second-order valence-corrected chi connectivity index (χ2v) is 4.69. The van der Waals surface area contributed by atoms with Gasteiger partial charge in [-0.15, -0.1) is 0 Å². The fourth-order valence-corrected chi connectivity index (χ4v) is 2.23. The average molecular weight is 237 g/mol. The molecule has 0 amide bonds. The Morgan fingerprint density at radius 2 is 2.18 bits per heavy atom. The smallest absolute Gasteiger partial charge is 0.300 e. The highest BCUT2D eigenvalue weighted by Gasteiger charge is 2.15. The molecule has 17 heavy (non-hydrogen) atoms. The number of hydrogen-bond donors (Lipinski definition) is 0. The lowest BCUT2D eigenvalue weighted by atomic mass is 10.2. The lowest BCUT2D eigenvalue weighted by Gasteiger charge is -2.09. The second kappa shape index (κ2) is 5.29. The van der Waals surface area contributed by atoms with Gasteiger partial charge in [-0.25, -0.2) is 9.48 Å². The summed E-state index contributed by atoms with van der Waals surface area (Å²) in [7, 11) is 0. The molecule has 0 unspecified atom stereocenters. The highest BCUT2D eigenvalue weighted by Crippen LogP contribution is 2.09. The third kappa shape index (κ3) is 2.84. The first-order valence-electron chi connectivity index (χ1n) is 6.34. The van der Waals surface area contributed by atoms with Crippen molar-refractivity contribution in [3.8, 4) is 0 Å². The van der Waals surface area contributed by atoms with Crippen molar-refractivity contribution in [2.45, 2.75) is 58.5 Å². The molecule has 0 aliphatic carbocycles. The summed E-state index contributed by atoms with van der Waals surface area (Å²) in [6, 6.07) is 0. The van der Waals surface area contributed by atoms with Crippen molar-refractivity contribution in [3.63, 3.8) is 0 Å². The van der Waals surface area contributed by atoms with E-state index in [4.69, 9.17) is 0 Å². The summed E-state index contributed by atoms with van der Waals surface area (Å²) in [5, 5.41) is 4.35. The lowest BCUT2D eigenvalue weighted by molar-refractivity contribution is -0.117. The fraction of sp³-hybridized carbons (Fsp3) is 0.750. The zero-order chi connectivity index (χ0) is 12.3. The molecule has 1 aliphatic rings. The van der Waals surface area contributed by atoms with Crippen LogP contribution in [-0.4, -0.2) is 20.1 Å². The number of unbranched alkanes of at least 4 members (excludes halogenated alkanes) is 1. The Bertz CT molecular complexity index is 459. The van der Waals surface area contributed by atoms with Crippen molar-refractivity contribution in [2.75, 3.05) is 0 Å². The number of carbonyl (C=O) groups is 1. The normalized spacial score (nSPS) is 14.6. The third-order valence-corrected chi connectivity index (χ3v) is 3.18. The van der Waals surface area contributed by atoms with Gasteiger partial charge in [0.15, 0.2) is 0 Å². The van der Waals surface area contributed by atoms with E-state index in [1.165, 1.54) is 0 Å². The predicted octanol–water partition coefficient (Wildman–Crippen LogP) is 1.14. The van der Waals surface area contributed by atoms with Crippen LogP contribution in [0.25, 0.3) is 0 Å². The van der Waals surface area contributed by atoms with Crippen LogP contribution in [0.1, 0.15) is 44.9 Å². The Labute approximate surface area is 100 Å². The van der Waals surface area contributed by atoms with Gasteiger partial charge in [-0.3, -0.25) is 4.57 Å². The minimum Gasteiger partial charge on any atom is -0.300 e. The topological polar surface area (TPSA) is 56.9 Å². The van der Waals surface area contributed by atoms with Gasteiger partial charge in [0.2, 0.25) is 0 Å². The number of fused-ring (bicyclic) bond motifs is 1. The Morgan fingerprint density at radius 1 is 1.35 bits per heavy atom. The van der Waals surface area contributed by atoms with Gasteiger partial charge >= 0.3 is 5.69 Å². The van der Waals surface area contributed by atoms with Gasteiger partial charge in [0, 0.05) is 25.9 Å². The molecule has 0 saturated heterocycles. The molecule has 0 saturated carbocycles. The standard InChI is InChI=1S/C12H19N3O2/c1-10(16)6-2-5-9-15-12(17)14-8-4-3-7-11(14)13-15/h2-9H2,1H3. The highest BCUT2D eigenvalue weighted by atomic mass is 16.2. The van der Waals surface area contributed by atoms with E-state index in [0.717, 1.165) is 44.5 Å². The van der Waals surface area contributed by atoms with E-state index in [2.05, 4.69) is 5.10 Å². The summed E-state index contributed by atoms with van der Waals surface area (Å²) in [5.74, 6) is 1.13.